The van der Waals surface area contributed by atoms with Crippen molar-refractivity contribution >= 4 is 10.9 Å². The number of methoxy groups -OCH3 is 2. The lowest BCUT2D eigenvalue weighted by Gasteiger charge is -2.19. The van der Waals surface area contributed by atoms with Gasteiger partial charge in [-0.2, -0.15) is 0 Å². The molecule has 1 N–H and O–H groups in total. The van der Waals surface area contributed by atoms with Crippen molar-refractivity contribution in [2.24, 2.45) is 0 Å². The van der Waals surface area contributed by atoms with Crippen LogP contribution in [0.2, 0.25) is 0 Å². The first-order valence-corrected chi connectivity index (χ1v) is 7.98. The molecule has 0 saturated heterocycles. The van der Waals surface area contributed by atoms with E-state index in [4.69, 9.17) is 9.47 Å². The Morgan fingerprint density at radius 3 is 2.60 bits per heavy atom. The minimum absolute atomic E-state index is 0.118. The molecule has 0 unspecified atom stereocenters. The van der Waals surface area contributed by atoms with Gasteiger partial charge >= 0.3 is 0 Å². The van der Waals surface area contributed by atoms with E-state index in [0.717, 1.165) is 11.3 Å². The van der Waals surface area contributed by atoms with Gasteiger partial charge in [0.15, 0.2) is 11.5 Å². The van der Waals surface area contributed by atoms with Crippen molar-refractivity contribution in [2.45, 2.75) is 13.1 Å². The number of hydrogen-bond acceptors (Lipinski definition) is 5. The van der Waals surface area contributed by atoms with Crippen LogP contribution in [0.25, 0.3) is 10.9 Å². The standard InChI is InChI=1S/C19H21N3O3/c1-22(11-13-7-6-10-16(24-2)18(13)25-3)12-17-20-15-9-5-4-8-14(15)19(23)21-17/h4-10H,11-12H2,1-3H3,(H,20,21,23). The third kappa shape index (κ3) is 3.64. The quantitative estimate of drug-likeness (QED) is 0.748. The summed E-state index contributed by atoms with van der Waals surface area (Å²) < 4.78 is 10.8. The Labute approximate surface area is 146 Å². The lowest BCUT2D eigenvalue weighted by molar-refractivity contribution is 0.297. The molecule has 1 aromatic heterocycles. The summed E-state index contributed by atoms with van der Waals surface area (Å²) >= 11 is 0. The van der Waals surface area contributed by atoms with Crippen LogP contribution in [-0.4, -0.2) is 36.1 Å². The van der Waals surface area contributed by atoms with Crippen LogP contribution >= 0.6 is 0 Å². The monoisotopic (exact) mass is 339 g/mol. The second-order valence-corrected chi connectivity index (χ2v) is 5.85. The van der Waals surface area contributed by atoms with Gasteiger partial charge in [0.1, 0.15) is 5.82 Å². The van der Waals surface area contributed by atoms with Gasteiger partial charge in [0.2, 0.25) is 0 Å². The third-order valence-electron chi connectivity index (χ3n) is 4.01. The molecule has 25 heavy (non-hydrogen) atoms. The van der Waals surface area contributed by atoms with Gasteiger partial charge in [-0.1, -0.05) is 24.3 Å². The second kappa shape index (κ2) is 7.36. The van der Waals surface area contributed by atoms with Gasteiger partial charge in [-0.15, -0.1) is 0 Å². The molecule has 1 heterocycles. The zero-order valence-electron chi connectivity index (χ0n) is 14.6. The van der Waals surface area contributed by atoms with Crippen molar-refractivity contribution in [1.82, 2.24) is 14.9 Å². The lowest BCUT2D eigenvalue weighted by atomic mass is 10.1. The molecule has 0 aliphatic heterocycles. The van der Waals surface area contributed by atoms with E-state index < -0.39 is 0 Å². The fourth-order valence-electron chi connectivity index (χ4n) is 2.89. The molecule has 0 atom stereocenters. The number of hydrogen-bond donors (Lipinski definition) is 1. The highest BCUT2D eigenvalue weighted by atomic mass is 16.5. The number of para-hydroxylation sites is 2. The third-order valence-corrected chi connectivity index (χ3v) is 4.01. The summed E-state index contributed by atoms with van der Waals surface area (Å²) in [5, 5.41) is 0.600. The Morgan fingerprint density at radius 1 is 1.04 bits per heavy atom. The number of ether oxygens (including phenoxy) is 2. The summed E-state index contributed by atoms with van der Waals surface area (Å²) in [6.07, 6.45) is 0. The first-order chi connectivity index (χ1) is 12.1. The number of benzene rings is 2. The van der Waals surface area contributed by atoms with E-state index in [2.05, 4.69) is 14.9 Å². The molecule has 0 aliphatic carbocycles. The Hall–Kier alpha value is -2.86. The van der Waals surface area contributed by atoms with E-state index in [1.54, 1.807) is 20.3 Å². The number of nitrogens with one attached hydrogen (secondary N) is 1. The molecule has 3 rings (SSSR count). The molecule has 0 amide bonds. The minimum atomic E-state index is -0.118. The maximum Gasteiger partial charge on any atom is 0.258 e. The van der Waals surface area contributed by atoms with Crippen molar-refractivity contribution in [1.29, 1.82) is 0 Å². The molecule has 0 aliphatic rings. The van der Waals surface area contributed by atoms with Crippen molar-refractivity contribution < 1.29 is 9.47 Å². The highest BCUT2D eigenvalue weighted by molar-refractivity contribution is 5.77. The molecule has 6 nitrogen and oxygen atoms in total. The van der Waals surface area contributed by atoms with Crippen LogP contribution in [0.5, 0.6) is 11.5 Å². The van der Waals surface area contributed by atoms with Crippen molar-refractivity contribution in [3.05, 3.63) is 64.2 Å². The number of H-pyrrole nitrogens is 1. The molecule has 130 valence electrons. The van der Waals surface area contributed by atoms with Gasteiger partial charge < -0.3 is 14.5 Å². The van der Waals surface area contributed by atoms with Crippen LogP contribution in [0, 0.1) is 0 Å². The van der Waals surface area contributed by atoms with Crippen LogP contribution < -0.4 is 15.0 Å². The van der Waals surface area contributed by atoms with Gasteiger partial charge in [-0.3, -0.25) is 9.69 Å². The van der Waals surface area contributed by atoms with E-state index >= 15 is 0 Å². The normalized spacial score (nSPS) is 11.0. The summed E-state index contributed by atoms with van der Waals surface area (Å²) in [6, 6.07) is 13.1. The van der Waals surface area contributed by atoms with Gasteiger partial charge in [-0.05, 0) is 25.2 Å². The van der Waals surface area contributed by atoms with Gasteiger partial charge in [0, 0.05) is 12.1 Å². The first-order valence-electron chi connectivity index (χ1n) is 7.98. The smallest absolute Gasteiger partial charge is 0.258 e. The van der Waals surface area contributed by atoms with Crippen LogP contribution in [-0.2, 0) is 13.1 Å². The fraction of sp³-hybridized carbons (Fsp3) is 0.263. The summed E-state index contributed by atoms with van der Waals surface area (Å²) in [6.45, 7) is 1.15. The van der Waals surface area contributed by atoms with Crippen molar-refractivity contribution in [3.63, 3.8) is 0 Å². The number of aromatic amines is 1. The molecule has 0 radical (unpaired) electrons. The molecule has 0 bridgehead atoms. The van der Waals surface area contributed by atoms with E-state index in [1.807, 2.05) is 43.4 Å². The average molecular weight is 339 g/mol. The van der Waals surface area contributed by atoms with E-state index in [9.17, 15) is 4.79 Å². The minimum Gasteiger partial charge on any atom is -0.493 e. The fourth-order valence-corrected chi connectivity index (χ4v) is 2.89. The first kappa shape index (κ1) is 17.0. The van der Waals surface area contributed by atoms with Crippen LogP contribution in [0.15, 0.2) is 47.3 Å². The average Bonchev–Trinajstić information content (AvgIpc) is 2.61. The summed E-state index contributed by atoms with van der Waals surface area (Å²) in [7, 11) is 5.22. The van der Waals surface area contributed by atoms with Crippen molar-refractivity contribution in [3.8, 4) is 11.5 Å². The maximum absolute atomic E-state index is 12.2. The molecular formula is C19H21N3O3. The second-order valence-electron chi connectivity index (χ2n) is 5.85. The number of fused-ring (bicyclic) bond motifs is 1. The van der Waals surface area contributed by atoms with Crippen LogP contribution in [0.1, 0.15) is 11.4 Å². The molecule has 0 saturated carbocycles. The molecule has 6 heteroatoms. The lowest BCUT2D eigenvalue weighted by Crippen LogP contribution is -2.22. The summed E-state index contributed by atoms with van der Waals surface area (Å²) in [4.78, 5) is 21.6. The number of nitrogens with zero attached hydrogens (tertiary/aromatic N) is 2. The van der Waals surface area contributed by atoms with Crippen LogP contribution in [0.3, 0.4) is 0 Å². The zero-order valence-corrected chi connectivity index (χ0v) is 14.6. The summed E-state index contributed by atoms with van der Waals surface area (Å²) in [5.41, 5.74) is 1.59. The Kier molecular flexibility index (Phi) is 5.00. The van der Waals surface area contributed by atoms with E-state index in [-0.39, 0.29) is 5.56 Å². The maximum atomic E-state index is 12.2. The summed E-state index contributed by atoms with van der Waals surface area (Å²) in [5.74, 6) is 2.05. The van der Waals surface area contributed by atoms with E-state index in [1.165, 1.54) is 0 Å². The van der Waals surface area contributed by atoms with E-state index in [0.29, 0.717) is 35.6 Å². The molecule has 0 spiro atoms. The Morgan fingerprint density at radius 2 is 1.84 bits per heavy atom. The highest BCUT2D eigenvalue weighted by Crippen LogP contribution is 2.31. The predicted octanol–water partition coefficient (Wildman–Crippen LogP) is 2.57. The SMILES string of the molecule is COc1cccc(CN(C)Cc2nc3ccccc3c(=O)[nH]2)c1OC. The Balaban J connectivity index is 1.82. The largest absolute Gasteiger partial charge is 0.493 e. The van der Waals surface area contributed by atoms with Crippen LogP contribution in [0.4, 0.5) is 0 Å². The van der Waals surface area contributed by atoms with Crippen molar-refractivity contribution in [2.75, 3.05) is 21.3 Å². The predicted molar refractivity (Wildman–Crippen MR) is 97.1 cm³/mol. The zero-order chi connectivity index (χ0) is 17.8. The van der Waals surface area contributed by atoms with Gasteiger partial charge in [0.25, 0.3) is 5.56 Å². The number of rotatable bonds is 6. The molecule has 0 fully saturated rings. The molecular weight excluding hydrogens is 318 g/mol. The highest BCUT2D eigenvalue weighted by Gasteiger charge is 2.12. The molecule has 3 aromatic rings. The number of aromatic nitrogens is 2. The molecule has 2 aromatic carbocycles. The Bertz CT molecular complexity index is 937. The van der Waals surface area contributed by atoms with Gasteiger partial charge in [0.05, 0.1) is 31.7 Å². The topological polar surface area (TPSA) is 67.5 Å². The van der Waals surface area contributed by atoms with Gasteiger partial charge in [-0.25, -0.2) is 4.98 Å².